The highest BCUT2D eigenvalue weighted by Gasteiger charge is 2.28. The quantitative estimate of drug-likeness (QED) is 0.787. The highest BCUT2D eigenvalue weighted by molar-refractivity contribution is 5.67. The van der Waals surface area contributed by atoms with Crippen molar-refractivity contribution in [3.05, 3.63) is 0 Å². The van der Waals surface area contributed by atoms with Crippen LogP contribution in [-0.2, 0) is 4.79 Å². The fourth-order valence-electron chi connectivity index (χ4n) is 2.53. The first kappa shape index (κ1) is 13.5. The number of carbonyl (C=O) groups is 1. The lowest BCUT2D eigenvalue weighted by atomic mass is 10.1. The molecule has 0 aliphatic carbocycles. The van der Waals surface area contributed by atoms with Gasteiger partial charge in [-0.3, -0.25) is 9.69 Å². The molecule has 1 heterocycles. The van der Waals surface area contributed by atoms with Crippen molar-refractivity contribution in [2.24, 2.45) is 0 Å². The molecule has 0 radical (unpaired) electrons. The van der Waals surface area contributed by atoms with Crippen molar-refractivity contribution in [2.45, 2.75) is 45.2 Å². The Morgan fingerprint density at radius 3 is 2.75 bits per heavy atom. The molecule has 2 unspecified atom stereocenters. The number of carboxylic acid groups (broad SMARTS) is 1. The maximum absolute atomic E-state index is 10.9. The van der Waals surface area contributed by atoms with Gasteiger partial charge in [0.15, 0.2) is 0 Å². The third kappa shape index (κ3) is 3.76. The van der Waals surface area contributed by atoms with E-state index in [1.807, 2.05) is 0 Å². The highest BCUT2D eigenvalue weighted by Crippen LogP contribution is 2.18. The molecule has 4 nitrogen and oxygen atoms in total. The Hall–Kier alpha value is -0.610. The Kier molecular flexibility index (Phi) is 5.22. The number of likely N-dealkylation sites (N-methyl/N-ethyl adjacent to an activating group) is 1. The molecule has 1 rings (SSSR count). The summed E-state index contributed by atoms with van der Waals surface area (Å²) < 4.78 is 0. The van der Waals surface area contributed by atoms with Crippen molar-refractivity contribution in [3.8, 4) is 0 Å². The maximum Gasteiger partial charge on any atom is 0.304 e. The number of nitrogens with zero attached hydrogens (tertiary/aromatic N) is 2. The topological polar surface area (TPSA) is 43.8 Å². The van der Waals surface area contributed by atoms with E-state index in [0.29, 0.717) is 6.04 Å². The van der Waals surface area contributed by atoms with Crippen LogP contribution in [0.2, 0.25) is 0 Å². The third-order valence-corrected chi connectivity index (χ3v) is 3.38. The summed E-state index contributed by atoms with van der Waals surface area (Å²) in [6, 6.07) is 0.661. The van der Waals surface area contributed by atoms with Gasteiger partial charge in [0.25, 0.3) is 0 Å². The van der Waals surface area contributed by atoms with Crippen LogP contribution in [0.5, 0.6) is 0 Å². The normalized spacial score (nSPS) is 28.9. The van der Waals surface area contributed by atoms with Crippen molar-refractivity contribution in [1.82, 2.24) is 9.80 Å². The first-order chi connectivity index (χ1) is 7.54. The number of rotatable bonds is 4. The van der Waals surface area contributed by atoms with Crippen LogP contribution in [-0.4, -0.2) is 59.6 Å². The molecule has 1 fully saturated rings. The zero-order valence-corrected chi connectivity index (χ0v) is 10.6. The molecule has 0 saturated carbocycles. The van der Waals surface area contributed by atoms with E-state index >= 15 is 0 Å². The molecule has 1 aliphatic rings. The number of carboxylic acids is 1. The molecule has 0 aromatic rings. The lowest BCUT2D eigenvalue weighted by molar-refractivity contribution is -0.138. The van der Waals surface area contributed by atoms with Crippen LogP contribution in [0.25, 0.3) is 0 Å². The van der Waals surface area contributed by atoms with Crippen LogP contribution in [0, 0.1) is 0 Å². The van der Waals surface area contributed by atoms with Crippen LogP contribution in [0.3, 0.4) is 0 Å². The van der Waals surface area contributed by atoms with Crippen LogP contribution < -0.4 is 0 Å². The second-order valence-corrected chi connectivity index (χ2v) is 4.89. The second kappa shape index (κ2) is 6.21. The molecule has 0 spiro atoms. The van der Waals surface area contributed by atoms with Crippen molar-refractivity contribution >= 4 is 5.97 Å². The minimum atomic E-state index is -0.686. The van der Waals surface area contributed by atoms with Crippen LogP contribution >= 0.6 is 0 Å². The highest BCUT2D eigenvalue weighted by atomic mass is 16.4. The molecule has 94 valence electrons. The van der Waals surface area contributed by atoms with Crippen LogP contribution in [0.1, 0.15) is 33.1 Å². The molecule has 1 saturated heterocycles. The maximum atomic E-state index is 10.9. The number of aliphatic carboxylic acids is 1. The standard InChI is InChI=1S/C12H24N2O2/c1-4-6-14-10(2)5-7-13(3)9-11(14)8-12(15)16/h10-11H,4-9H2,1-3H3,(H,15,16). The van der Waals surface area contributed by atoms with E-state index < -0.39 is 5.97 Å². The van der Waals surface area contributed by atoms with E-state index in [2.05, 4.69) is 30.7 Å². The van der Waals surface area contributed by atoms with Crippen molar-refractivity contribution in [1.29, 1.82) is 0 Å². The smallest absolute Gasteiger partial charge is 0.304 e. The van der Waals surface area contributed by atoms with Gasteiger partial charge in [0.05, 0.1) is 6.42 Å². The fourth-order valence-corrected chi connectivity index (χ4v) is 2.53. The Morgan fingerprint density at radius 2 is 2.19 bits per heavy atom. The molecule has 1 N–H and O–H groups in total. The average Bonchev–Trinajstić information content (AvgIpc) is 2.31. The summed E-state index contributed by atoms with van der Waals surface area (Å²) in [6.45, 7) is 7.31. The summed E-state index contributed by atoms with van der Waals surface area (Å²) in [5.41, 5.74) is 0. The van der Waals surface area contributed by atoms with Gasteiger partial charge in [0, 0.05) is 18.6 Å². The number of hydrogen-bond acceptors (Lipinski definition) is 3. The van der Waals surface area contributed by atoms with E-state index in [1.165, 1.54) is 0 Å². The molecule has 16 heavy (non-hydrogen) atoms. The average molecular weight is 228 g/mol. The summed E-state index contributed by atoms with van der Waals surface area (Å²) >= 11 is 0. The third-order valence-electron chi connectivity index (χ3n) is 3.38. The lowest BCUT2D eigenvalue weighted by Gasteiger charge is -2.33. The van der Waals surface area contributed by atoms with Gasteiger partial charge in [0.1, 0.15) is 0 Å². The van der Waals surface area contributed by atoms with Gasteiger partial charge in [-0.2, -0.15) is 0 Å². The Labute approximate surface area is 98.2 Å². The monoisotopic (exact) mass is 228 g/mol. The molecule has 0 bridgehead atoms. The van der Waals surface area contributed by atoms with Gasteiger partial charge < -0.3 is 10.0 Å². The molecule has 0 amide bonds. The van der Waals surface area contributed by atoms with E-state index in [-0.39, 0.29) is 12.5 Å². The van der Waals surface area contributed by atoms with Gasteiger partial charge in [-0.05, 0) is 39.9 Å². The summed E-state index contributed by atoms with van der Waals surface area (Å²) in [5.74, 6) is -0.686. The van der Waals surface area contributed by atoms with Crippen molar-refractivity contribution < 1.29 is 9.90 Å². The minimum Gasteiger partial charge on any atom is -0.481 e. The predicted molar refractivity (Wildman–Crippen MR) is 64.6 cm³/mol. The van der Waals surface area contributed by atoms with Gasteiger partial charge in [0.2, 0.25) is 0 Å². The summed E-state index contributed by atoms with van der Waals surface area (Å²) in [6.07, 6.45) is 2.48. The SMILES string of the molecule is CCCN1C(C)CCN(C)CC1CC(=O)O. The zero-order chi connectivity index (χ0) is 12.1. The molecule has 0 aromatic heterocycles. The first-order valence-electron chi connectivity index (χ1n) is 6.20. The second-order valence-electron chi connectivity index (χ2n) is 4.89. The molecule has 4 heteroatoms. The van der Waals surface area contributed by atoms with E-state index in [0.717, 1.165) is 32.5 Å². The van der Waals surface area contributed by atoms with E-state index in [4.69, 9.17) is 5.11 Å². The minimum absolute atomic E-state index is 0.167. The Bertz CT molecular complexity index is 233. The van der Waals surface area contributed by atoms with Crippen LogP contribution in [0.15, 0.2) is 0 Å². The largest absolute Gasteiger partial charge is 0.481 e. The fraction of sp³-hybridized carbons (Fsp3) is 0.917. The van der Waals surface area contributed by atoms with Crippen molar-refractivity contribution in [2.75, 3.05) is 26.7 Å². The zero-order valence-electron chi connectivity index (χ0n) is 10.6. The summed E-state index contributed by atoms with van der Waals surface area (Å²) in [4.78, 5) is 15.5. The predicted octanol–water partition coefficient (Wildman–Crippen LogP) is 1.27. The summed E-state index contributed by atoms with van der Waals surface area (Å²) in [7, 11) is 2.08. The van der Waals surface area contributed by atoms with Crippen molar-refractivity contribution in [3.63, 3.8) is 0 Å². The summed E-state index contributed by atoms with van der Waals surface area (Å²) in [5, 5.41) is 8.97. The van der Waals surface area contributed by atoms with Gasteiger partial charge in [-0.25, -0.2) is 0 Å². The molecule has 0 aromatic carbocycles. The number of hydrogen-bond donors (Lipinski definition) is 1. The molecule has 2 atom stereocenters. The molecule has 1 aliphatic heterocycles. The van der Waals surface area contributed by atoms with Gasteiger partial charge in [-0.1, -0.05) is 6.92 Å². The van der Waals surface area contributed by atoms with Crippen LogP contribution in [0.4, 0.5) is 0 Å². The van der Waals surface area contributed by atoms with Gasteiger partial charge >= 0.3 is 5.97 Å². The molecular formula is C12H24N2O2. The van der Waals surface area contributed by atoms with E-state index in [9.17, 15) is 4.79 Å². The molecular weight excluding hydrogens is 204 g/mol. The lowest BCUT2D eigenvalue weighted by Crippen LogP contribution is -2.45. The van der Waals surface area contributed by atoms with E-state index in [1.54, 1.807) is 0 Å². The first-order valence-corrected chi connectivity index (χ1v) is 6.20. The Balaban J connectivity index is 2.72. The van der Waals surface area contributed by atoms with Gasteiger partial charge in [-0.15, -0.1) is 0 Å². The Morgan fingerprint density at radius 1 is 1.50 bits per heavy atom.